The first-order valence-corrected chi connectivity index (χ1v) is 5.40. The number of hydrogen-bond donors (Lipinski definition) is 1. The van der Waals surface area contributed by atoms with Crippen LogP contribution in [-0.2, 0) is 20.1 Å². The Balaban J connectivity index is 1.91. The Bertz CT molecular complexity index is 506. The topological polar surface area (TPSA) is 17.0 Å². The van der Waals surface area contributed by atoms with Crippen LogP contribution in [0, 0.1) is 11.6 Å². The highest BCUT2D eigenvalue weighted by Gasteiger charge is 2.03. The van der Waals surface area contributed by atoms with Gasteiger partial charge in [-0.3, -0.25) is 0 Å². The maximum absolute atomic E-state index is 13.3. The minimum atomic E-state index is -0.414. The molecule has 0 spiro atoms. The fourth-order valence-electron chi connectivity index (χ4n) is 1.69. The van der Waals surface area contributed by atoms with E-state index in [1.165, 1.54) is 6.07 Å². The van der Waals surface area contributed by atoms with Crippen LogP contribution >= 0.6 is 0 Å². The van der Waals surface area contributed by atoms with Gasteiger partial charge >= 0.3 is 0 Å². The van der Waals surface area contributed by atoms with Gasteiger partial charge in [-0.05, 0) is 29.8 Å². The maximum atomic E-state index is 13.3. The molecule has 2 aromatic rings. The van der Waals surface area contributed by atoms with E-state index >= 15 is 0 Å². The molecule has 0 unspecified atom stereocenters. The molecule has 1 N–H and O–H groups in total. The van der Waals surface area contributed by atoms with Gasteiger partial charge in [-0.15, -0.1) is 0 Å². The fourth-order valence-corrected chi connectivity index (χ4v) is 1.69. The molecule has 1 aromatic carbocycles. The highest BCUT2D eigenvalue weighted by atomic mass is 19.1. The zero-order chi connectivity index (χ0) is 12.3. The number of benzene rings is 1. The molecule has 1 heterocycles. The zero-order valence-corrected chi connectivity index (χ0v) is 9.58. The van der Waals surface area contributed by atoms with Crippen molar-refractivity contribution in [2.75, 3.05) is 0 Å². The molecule has 0 aliphatic carbocycles. The zero-order valence-electron chi connectivity index (χ0n) is 9.58. The van der Waals surface area contributed by atoms with E-state index in [4.69, 9.17) is 0 Å². The summed E-state index contributed by atoms with van der Waals surface area (Å²) in [5, 5.41) is 3.08. The lowest BCUT2D eigenvalue weighted by atomic mass is 10.2. The van der Waals surface area contributed by atoms with E-state index in [0.717, 1.165) is 17.7 Å². The SMILES string of the molecule is Cn1ccc(CNCc2cc(F)ccc2F)c1. The first-order valence-electron chi connectivity index (χ1n) is 5.40. The van der Waals surface area contributed by atoms with Crippen LogP contribution in [-0.4, -0.2) is 4.57 Å². The van der Waals surface area contributed by atoms with Crippen molar-refractivity contribution in [2.45, 2.75) is 13.1 Å². The quantitative estimate of drug-likeness (QED) is 0.863. The van der Waals surface area contributed by atoms with Gasteiger partial charge in [-0.1, -0.05) is 0 Å². The lowest BCUT2D eigenvalue weighted by Crippen LogP contribution is -2.13. The number of aryl methyl sites for hydroxylation is 1. The summed E-state index contributed by atoms with van der Waals surface area (Å²) in [6, 6.07) is 5.47. The van der Waals surface area contributed by atoms with Crippen molar-refractivity contribution in [3.8, 4) is 0 Å². The Kier molecular flexibility index (Phi) is 3.54. The molecule has 0 amide bonds. The predicted molar refractivity (Wildman–Crippen MR) is 62.3 cm³/mol. The van der Waals surface area contributed by atoms with E-state index in [2.05, 4.69) is 5.32 Å². The highest BCUT2D eigenvalue weighted by Crippen LogP contribution is 2.09. The summed E-state index contributed by atoms with van der Waals surface area (Å²) < 4.78 is 28.1. The molecule has 0 saturated heterocycles. The summed E-state index contributed by atoms with van der Waals surface area (Å²) in [6.07, 6.45) is 3.93. The van der Waals surface area contributed by atoms with Crippen LogP contribution in [0.1, 0.15) is 11.1 Å². The van der Waals surface area contributed by atoms with E-state index in [1.807, 2.05) is 30.1 Å². The summed E-state index contributed by atoms with van der Waals surface area (Å²) >= 11 is 0. The predicted octanol–water partition coefficient (Wildman–Crippen LogP) is 2.59. The van der Waals surface area contributed by atoms with Gasteiger partial charge in [0.15, 0.2) is 0 Å². The van der Waals surface area contributed by atoms with Crippen molar-refractivity contribution in [1.82, 2.24) is 9.88 Å². The molecule has 1 aromatic heterocycles. The van der Waals surface area contributed by atoms with Gasteiger partial charge in [0.2, 0.25) is 0 Å². The number of aromatic nitrogens is 1. The molecule has 0 saturated carbocycles. The molecular formula is C13H14F2N2. The normalized spacial score (nSPS) is 10.8. The number of hydrogen-bond acceptors (Lipinski definition) is 1. The summed E-state index contributed by atoms with van der Waals surface area (Å²) in [5.74, 6) is -0.796. The Morgan fingerprint density at radius 3 is 2.71 bits per heavy atom. The molecule has 17 heavy (non-hydrogen) atoms. The Morgan fingerprint density at radius 2 is 2.00 bits per heavy atom. The monoisotopic (exact) mass is 236 g/mol. The van der Waals surface area contributed by atoms with Crippen molar-refractivity contribution >= 4 is 0 Å². The lowest BCUT2D eigenvalue weighted by Gasteiger charge is -2.05. The van der Waals surface area contributed by atoms with Gasteiger partial charge in [-0.2, -0.15) is 0 Å². The second-order valence-corrected chi connectivity index (χ2v) is 4.02. The van der Waals surface area contributed by atoms with Gasteiger partial charge in [0.05, 0.1) is 0 Å². The molecule has 0 fully saturated rings. The van der Waals surface area contributed by atoms with E-state index in [-0.39, 0.29) is 5.82 Å². The molecular weight excluding hydrogens is 222 g/mol. The number of rotatable bonds is 4. The summed E-state index contributed by atoms with van der Waals surface area (Å²) in [5.41, 5.74) is 1.46. The van der Waals surface area contributed by atoms with Crippen molar-refractivity contribution in [3.63, 3.8) is 0 Å². The van der Waals surface area contributed by atoms with Crippen molar-refractivity contribution in [2.24, 2.45) is 7.05 Å². The minimum absolute atomic E-state index is 0.318. The van der Waals surface area contributed by atoms with Gasteiger partial charge < -0.3 is 9.88 Å². The van der Waals surface area contributed by atoms with Crippen molar-refractivity contribution in [1.29, 1.82) is 0 Å². The average Bonchev–Trinajstić information content (AvgIpc) is 2.69. The van der Waals surface area contributed by atoms with Crippen LogP contribution in [0.25, 0.3) is 0 Å². The molecule has 90 valence electrons. The van der Waals surface area contributed by atoms with E-state index in [1.54, 1.807) is 0 Å². The number of halogens is 2. The van der Waals surface area contributed by atoms with Gasteiger partial charge in [0.1, 0.15) is 11.6 Å². The third-order valence-electron chi connectivity index (χ3n) is 2.55. The Labute approximate surface area is 98.9 Å². The van der Waals surface area contributed by atoms with Crippen molar-refractivity contribution in [3.05, 3.63) is 59.4 Å². The molecule has 0 bridgehead atoms. The standard InChI is InChI=1S/C13H14F2N2/c1-17-5-4-10(9-17)7-16-8-11-6-12(14)2-3-13(11)15/h2-6,9,16H,7-8H2,1H3. The maximum Gasteiger partial charge on any atom is 0.127 e. The molecule has 4 heteroatoms. The van der Waals surface area contributed by atoms with E-state index in [9.17, 15) is 8.78 Å². The van der Waals surface area contributed by atoms with Crippen LogP contribution in [0.2, 0.25) is 0 Å². The largest absolute Gasteiger partial charge is 0.357 e. The van der Waals surface area contributed by atoms with Crippen LogP contribution in [0.5, 0.6) is 0 Å². The van der Waals surface area contributed by atoms with Gasteiger partial charge in [-0.25, -0.2) is 8.78 Å². The minimum Gasteiger partial charge on any atom is -0.357 e. The Morgan fingerprint density at radius 1 is 1.18 bits per heavy atom. The van der Waals surface area contributed by atoms with Crippen molar-refractivity contribution < 1.29 is 8.78 Å². The smallest absolute Gasteiger partial charge is 0.127 e. The van der Waals surface area contributed by atoms with Crippen LogP contribution < -0.4 is 5.32 Å². The molecule has 0 aliphatic heterocycles. The van der Waals surface area contributed by atoms with Gasteiger partial charge in [0.25, 0.3) is 0 Å². The fraction of sp³-hybridized carbons (Fsp3) is 0.231. The molecule has 2 rings (SSSR count). The highest BCUT2D eigenvalue weighted by molar-refractivity contribution is 5.18. The molecule has 0 radical (unpaired) electrons. The third kappa shape index (κ3) is 3.14. The van der Waals surface area contributed by atoms with Crippen LogP contribution in [0.15, 0.2) is 36.7 Å². The first-order chi connectivity index (χ1) is 8.15. The lowest BCUT2D eigenvalue weighted by molar-refractivity contribution is 0.568. The number of nitrogens with zero attached hydrogens (tertiary/aromatic N) is 1. The molecule has 0 aliphatic rings. The molecule has 2 nitrogen and oxygen atoms in total. The summed E-state index contributed by atoms with van der Waals surface area (Å²) in [7, 11) is 1.94. The van der Waals surface area contributed by atoms with Gasteiger partial charge in [0, 0.05) is 38.1 Å². The van der Waals surface area contributed by atoms with Crippen LogP contribution in [0.4, 0.5) is 8.78 Å². The Hall–Kier alpha value is -1.68. The second-order valence-electron chi connectivity index (χ2n) is 4.02. The third-order valence-corrected chi connectivity index (χ3v) is 2.55. The number of nitrogens with one attached hydrogen (secondary N) is 1. The molecule has 0 atom stereocenters. The summed E-state index contributed by atoms with van der Waals surface area (Å²) in [6.45, 7) is 0.954. The second kappa shape index (κ2) is 5.10. The first kappa shape index (κ1) is 11.8. The summed E-state index contributed by atoms with van der Waals surface area (Å²) in [4.78, 5) is 0. The average molecular weight is 236 g/mol. The van der Waals surface area contributed by atoms with E-state index < -0.39 is 5.82 Å². The van der Waals surface area contributed by atoms with Crippen LogP contribution in [0.3, 0.4) is 0 Å². The van der Waals surface area contributed by atoms with E-state index in [0.29, 0.717) is 18.7 Å².